The normalized spacial score (nSPS) is 31.4. The van der Waals surface area contributed by atoms with E-state index in [0.717, 1.165) is 25.9 Å². The zero-order chi connectivity index (χ0) is 13.9. The van der Waals surface area contributed by atoms with E-state index in [1.165, 1.54) is 0 Å². The van der Waals surface area contributed by atoms with Gasteiger partial charge in [0.25, 0.3) is 0 Å². The van der Waals surface area contributed by atoms with Gasteiger partial charge in [-0.15, -0.1) is 0 Å². The molecule has 0 radical (unpaired) electrons. The molecule has 0 spiro atoms. The number of piperidine rings is 1. The minimum absolute atomic E-state index is 0.130. The van der Waals surface area contributed by atoms with Crippen LogP contribution in [0.5, 0.6) is 0 Å². The number of nitrogens with zero attached hydrogens (tertiary/aromatic N) is 1. The lowest BCUT2D eigenvalue weighted by Crippen LogP contribution is -2.38. The summed E-state index contributed by atoms with van der Waals surface area (Å²) in [7, 11) is 0. The molecule has 0 bridgehead atoms. The van der Waals surface area contributed by atoms with Crippen LogP contribution in [0.4, 0.5) is 0 Å². The van der Waals surface area contributed by atoms with Gasteiger partial charge in [-0.3, -0.25) is 9.59 Å². The summed E-state index contributed by atoms with van der Waals surface area (Å²) in [4.78, 5) is 25.4. The number of rotatable bonds is 4. The molecule has 0 aromatic heterocycles. The molecular formula is C14H24N2O3. The Kier molecular flexibility index (Phi) is 4.45. The Morgan fingerprint density at radius 2 is 2.26 bits per heavy atom. The molecule has 19 heavy (non-hydrogen) atoms. The molecule has 5 nitrogen and oxygen atoms in total. The SMILES string of the molecule is CCC1(C(=O)O)CCN(C(=O)CC2CCCNC2)C1. The van der Waals surface area contributed by atoms with Crippen molar-refractivity contribution in [1.29, 1.82) is 0 Å². The molecule has 2 atom stereocenters. The van der Waals surface area contributed by atoms with Gasteiger partial charge in [-0.05, 0) is 44.7 Å². The predicted octanol–water partition coefficient (Wildman–Crippen LogP) is 1.09. The maximum atomic E-state index is 12.2. The van der Waals surface area contributed by atoms with Gasteiger partial charge in [-0.2, -0.15) is 0 Å². The highest BCUT2D eigenvalue weighted by molar-refractivity contribution is 5.80. The van der Waals surface area contributed by atoms with Gasteiger partial charge in [0, 0.05) is 19.5 Å². The Bertz CT molecular complexity index is 353. The fourth-order valence-electron chi connectivity index (χ4n) is 3.17. The van der Waals surface area contributed by atoms with E-state index in [9.17, 15) is 14.7 Å². The summed E-state index contributed by atoms with van der Waals surface area (Å²) in [5, 5.41) is 12.6. The fraction of sp³-hybridized carbons (Fsp3) is 0.857. The van der Waals surface area contributed by atoms with Crippen LogP contribution in [0.1, 0.15) is 39.0 Å². The first kappa shape index (κ1) is 14.3. The van der Waals surface area contributed by atoms with Crippen LogP contribution in [0, 0.1) is 11.3 Å². The maximum absolute atomic E-state index is 12.2. The zero-order valence-corrected chi connectivity index (χ0v) is 11.7. The topological polar surface area (TPSA) is 69.6 Å². The highest BCUT2D eigenvalue weighted by Crippen LogP contribution is 2.34. The van der Waals surface area contributed by atoms with Crippen LogP contribution < -0.4 is 5.32 Å². The number of amides is 1. The molecule has 2 N–H and O–H groups in total. The molecule has 108 valence electrons. The number of hydrogen-bond donors (Lipinski definition) is 2. The van der Waals surface area contributed by atoms with E-state index in [1.807, 2.05) is 6.92 Å². The highest BCUT2D eigenvalue weighted by atomic mass is 16.4. The molecular weight excluding hydrogens is 244 g/mol. The van der Waals surface area contributed by atoms with Gasteiger partial charge in [0.2, 0.25) is 5.91 Å². The van der Waals surface area contributed by atoms with Crippen molar-refractivity contribution in [2.24, 2.45) is 11.3 Å². The molecule has 2 aliphatic rings. The van der Waals surface area contributed by atoms with Crippen LogP contribution in [0.2, 0.25) is 0 Å². The van der Waals surface area contributed by atoms with Crippen LogP contribution in [0.3, 0.4) is 0 Å². The van der Waals surface area contributed by atoms with Crippen LogP contribution in [-0.4, -0.2) is 48.1 Å². The maximum Gasteiger partial charge on any atom is 0.311 e. The minimum Gasteiger partial charge on any atom is -0.481 e. The Balaban J connectivity index is 1.89. The second kappa shape index (κ2) is 5.90. The average Bonchev–Trinajstić information content (AvgIpc) is 2.86. The lowest BCUT2D eigenvalue weighted by molar-refractivity contribution is -0.148. The summed E-state index contributed by atoms with van der Waals surface area (Å²) < 4.78 is 0. The summed E-state index contributed by atoms with van der Waals surface area (Å²) in [6, 6.07) is 0. The average molecular weight is 268 g/mol. The number of carbonyl (C=O) groups is 2. The number of nitrogens with one attached hydrogen (secondary N) is 1. The molecule has 0 aromatic rings. The summed E-state index contributed by atoms with van der Waals surface area (Å²) in [5.41, 5.74) is -0.708. The molecule has 2 saturated heterocycles. The monoisotopic (exact) mass is 268 g/mol. The third-order valence-corrected chi connectivity index (χ3v) is 4.70. The predicted molar refractivity (Wildman–Crippen MR) is 71.8 cm³/mol. The number of likely N-dealkylation sites (tertiary alicyclic amines) is 1. The van der Waals surface area contributed by atoms with Crippen LogP contribution in [0.15, 0.2) is 0 Å². The Labute approximate surface area is 114 Å². The second-order valence-corrected chi connectivity index (χ2v) is 5.92. The van der Waals surface area contributed by atoms with Crippen molar-refractivity contribution in [3.8, 4) is 0 Å². The molecule has 5 heteroatoms. The largest absolute Gasteiger partial charge is 0.481 e. The highest BCUT2D eigenvalue weighted by Gasteiger charge is 2.44. The van der Waals surface area contributed by atoms with Crippen LogP contribution >= 0.6 is 0 Å². The van der Waals surface area contributed by atoms with Gasteiger partial charge in [0.05, 0.1) is 5.41 Å². The van der Waals surface area contributed by atoms with Crippen molar-refractivity contribution in [2.45, 2.75) is 39.0 Å². The zero-order valence-electron chi connectivity index (χ0n) is 11.7. The minimum atomic E-state index is -0.760. The van der Waals surface area contributed by atoms with Gasteiger partial charge in [0.1, 0.15) is 0 Å². The van der Waals surface area contributed by atoms with E-state index < -0.39 is 11.4 Å². The van der Waals surface area contributed by atoms with Crippen molar-refractivity contribution in [3.05, 3.63) is 0 Å². The van der Waals surface area contributed by atoms with Crippen LogP contribution in [-0.2, 0) is 9.59 Å². The number of carboxylic acid groups (broad SMARTS) is 1. The van der Waals surface area contributed by atoms with Crippen molar-refractivity contribution < 1.29 is 14.7 Å². The summed E-state index contributed by atoms with van der Waals surface area (Å²) in [6.07, 6.45) is 3.98. The fourth-order valence-corrected chi connectivity index (χ4v) is 3.17. The lowest BCUT2D eigenvalue weighted by atomic mass is 9.84. The van der Waals surface area contributed by atoms with E-state index in [1.54, 1.807) is 4.90 Å². The number of hydrogen-bond acceptors (Lipinski definition) is 3. The molecule has 2 fully saturated rings. The van der Waals surface area contributed by atoms with E-state index in [-0.39, 0.29) is 5.91 Å². The standard InChI is InChI=1S/C14H24N2O3/c1-2-14(13(18)19)5-7-16(10-14)12(17)8-11-4-3-6-15-9-11/h11,15H,2-10H2,1H3,(H,18,19). The number of carbonyl (C=O) groups excluding carboxylic acids is 1. The van der Waals surface area contributed by atoms with E-state index in [4.69, 9.17) is 0 Å². The second-order valence-electron chi connectivity index (χ2n) is 5.92. The van der Waals surface area contributed by atoms with Crippen molar-refractivity contribution in [1.82, 2.24) is 10.2 Å². The molecule has 2 aliphatic heterocycles. The van der Waals surface area contributed by atoms with E-state index >= 15 is 0 Å². The molecule has 0 saturated carbocycles. The summed E-state index contributed by atoms with van der Waals surface area (Å²) in [5.74, 6) is -0.211. The van der Waals surface area contributed by atoms with Gasteiger partial charge in [-0.25, -0.2) is 0 Å². The van der Waals surface area contributed by atoms with Gasteiger partial charge < -0.3 is 15.3 Å². The van der Waals surface area contributed by atoms with Gasteiger partial charge >= 0.3 is 5.97 Å². The first-order valence-corrected chi connectivity index (χ1v) is 7.29. The van der Waals surface area contributed by atoms with E-state index in [2.05, 4.69) is 5.32 Å². The van der Waals surface area contributed by atoms with Crippen molar-refractivity contribution in [2.75, 3.05) is 26.2 Å². The Morgan fingerprint density at radius 3 is 2.79 bits per heavy atom. The quantitative estimate of drug-likeness (QED) is 0.801. The first-order chi connectivity index (χ1) is 9.07. The van der Waals surface area contributed by atoms with Crippen LogP contribution in [0.25, 0.3) is 0 Å². The molecule has 2 unspecified atom stereocenters. The molecule has 2 heterocycles. The van der Waals surface area contributed by atoms with Crippen molar-refractivity contribution in [3.63, 3.8) is 0 Å². The van der Waals surface area contributed by atoms with Gasteiger partial charge in [-0.1, -0.05) is 6.92 Å². The van der Waals surface area contributed by atoms with Gasteiger partial charge in [0.15, 0.2) is 0 Å². The summed E-state index contributed by atoms with van der Waals surface area (Å²) in [6.45, 7) is 4.84. The third-order valence-electron chi connectivity index (χ3n) is 4.70. The van der Waals surface area contributed by atoms with E-state index in [0.29, 0.717) is 38.3 Å². The number of carboxylic acids is 1. The third kappa shape index (κ3) is 3.08. The Morgan fingerprint density at radius 1 is 1.47 bits per heavy atom. The first-order valence-electron chi connectivity index (χ1n) is 7.29. The molecule has 1 amide bonds. The molecule has 0 aliphatic carbocycles. The van der Waals surface area contributed by atoms with Crippen molar-refractivity contribution >= 4 is 11.9 Å². The smallest absolute Gasteiger partial charge is 0.311 e. The summed E-state index contributed by atoms with van der Waals surface area (Å²) >= 11 is 0. The Hall–Kier alpha value is -1.10. The lowest BCUT2D eigenvalue weighted by Gasteiger charge is -2.26. The molecule has 0 aromatic carbocycles. The number of aliphatic carboxylic acids is 1. The molecule has 2 rings (SSSR count).